The van der Waals surface area contributed by atoms with Crippen molar-refractivity contribution in [3.05, 3.63) is 64.3 Å². The summed E-state index contributed by atoms with van der Waals surface area (Å²) in [5, 5.41) is 1.85. The second-order valence-corrected chi connectivity index (χ2v) is 6.52. The van der Waals surface area contributed by atoms with Crippen molar-refractivity contribution in [2.75, 3.05) is 0 Å². The molecule has 1 aromatic heterocycles. The molecule has 0 atom stereocenters. The van der Waals surface area contributed by atoms with Gasteiger partial charge in [-0.2, -0.15) is 0 Å². The fourth-order valence-corrected chi connectivity index (χ4v) is 3.16. The Labute approximate surface area is 143 Å². The van der Waals surface area contributed by atoms with Crippen LogP contribution in [0.5, 0.6) is 0 Å². The van der Waals surface area contributed by atoms with E-state index in [2.05, 4.69) is 5.32 Å². The van der Waals surface area contributed by atoms with Crippen LogP contribution in [0.2, 0.25) is 0 Å². The van der Waals surface area contributed by atoms with Crippen molar-refractivity contribution in [2.45, 2.75) is 12.8 Å². The molecule has 2 amide bonds. The van der Waals surface area contributed by atoms with Crippen molar-refractivity contribution >= 4 is 34.8 Å². The van der Waals surface area contributed by atoms with Crippen LogP contribution in [0, 0.1) is 0 Å². The summed E-state index contributed by atoms with van der Waals surface area (Å²) in [6.07, 6.45) is 4.76. The minimum absolute atomic E-state index is 0.0820. The molecule has 1 aliphatic rings. The van der Waals surface area contributed by atoms with E-state index in [0.717, 1.165) is 23.0 Å². The summed E-state index contributed by atoms with van der Waals surface area (Å²) in [5.41, 5.74) is 2.55. The molecule has 1 aliphatic heterocycles. The number of carbonyl (C=O) groups is 3. The van der Waals surface area contributed by atoms with E-state index in [4.69, 9.17) is 0 Å². The van der Waals surface area contributed by atoms with Crippen LogP contribution < -0.4 is 5.32 Å². The van der Waals surface area contributed by atoms with Gasteiger partial charge in [-0.3, -0.25) is 19.7 Å². The summed E-state index contributed by atoms with van der Waals surface area (Å²) < 4.78 is 2.01. The van der Waals surface area contributed by atoms with Gasteiger partial charge in [-0.05, 0) is 42.0 Å². The fraction of sp³-hybridized carbons (Fsp3) is 0.167. The van der Waals surface area contributed by atoms with Crippen LogP contribution in [0.4, 0.5) is 4.79 Å². The zero-order chi connectivity index (χ0) is 17.1. The van der Waals surface area contributed by atoms with Crippen LogP contribution in [0.15, 0.2) is 47.5 Å². The van der Waals surface area contributed by atoms with E-state index in [0.29, 0.717) is 23.3 Å². The van der Waals surface area contributed by atoms with Crippen LogP contribution in [0.25, 0.3) is 6.08 Å². The summed E-state index contributed by atoms with van der Waals surface area (Å²) in [5.74, 6) is -0.300. The van der Waals surface area contributed by atoms with Crippen LogP contribution in [-0.4, -0.2) is 21.5 Å². The van der Waals surface area contributed by atoms with Gasteiger partial charge < -0.3 is 4.57 Å². The van der Waals surface area contributed by atoms with Gasteiger partial charge in [0.1, 0.15) is 0 Å². The Kier molecular flexibility index (Phi) is 4.66. The average molecular weight is 340 g/mol. The molecule has 0 saturated carbocycles. The van der Waals surface area contributed by atoms with Gasteiger partial charge in [0.15, 0.2) is 5.78 Å². The summed E-state index contributed by atoms with van der Waals surface area (Å²) in [4.78, 5) is 35.3. The number of hydrogen-bond donors (Lipinski definition) is 1. The van der Waals surface area contributed by atoms with E-state index in [1.165, 1.54) is 0 Å². The Hall–Kier alpha value is -2.60. The third-order valence-electron chi connectivity index (χ3n) is 3.83. The molecule has 5 nitrogen and oxygen atoms in total. The molecule has 2 heterocycles. The van der Waals surface area contributed by atoms with Crippen LogP contribution in [-0.2, 0) is 18.3 Å². The molecule has 1 saturated heterocycles. The number of aryl methyl sites for hydroxylation is 2. The van der Waals surface area contributed by atoms with Crippen molar-refractivity contribution in [1.29, 1.82) is 0 Å². The first-order valence-electron chi connectivity index (χ1n) is 7.51. The first-order chi connectivity index (χ1) is 11.5. The second kappa shape index (κ2) is 6.88. The Balaban J connectivity index is 1.65. The number of nitrogens with one attached hydrogen (secondary N) is 1. The summed E-state index contributed by atoms with van der Waals surface area (Å²) in [6, 6.07) is 11.0. The third-order valence-corrected chi connectivity index (χ3v) is 4.64. The van der Waals surface area contributed by atoms with E-state index in [1.807, 2.05) is 29.9 Å². The van der Waals surface area contributed by atoms with Crippen molar-refractivity contribution in [3.8, 4) is 0 Å². The molecule has 3 rings (SSSR count). The van der Waals surface area contributed by atoms with Crippen molar-refractivity contribution in [2.24, 2.45) is 7.05 Å². The highest BCUT2D eigenvalue weighted by Crippen LogP contribution is 2.25. The second-order valence-electron chi connectivity index (χ2n) is 5.51. The maximum Gasteiger partial charge on any atom is 0.290 e. The number of nitrogens with zero attached hydrogens (tertiary/aromatic N) is 1. The number of carbonyl (C=O) groups excluding carboxylic acids is 3. The normalized spacial score (nSPS) is 15.8. The Bertz CT molecular complexity index is 834. The quantitative estimate of drug-likeness (QED) is 0.670. The van der Waals surface area contributed by atoms with Crippen molar-refractivity contribution in [3.63, 3.8) is 0 Å². The van der Waals surface area contributed by atoms with E-state index in [1.54, 1.807) is 30.3 Å². The highest BCUT2D eigenvalue weighted by molar-refractivity contribution is 8.18. The number of hydrogen-bond acceptors (Lipinski definition) is 4. The standard InChI is InChI=1S/C18H16N2O3S/c1-20-10-2-3-14(20)8-9-15(21)13-6-4-12(5-7-13)11-16-17(22)19-18(23)24-16/h2-7,10-11H,8-9H2,1H3,(H,19,22,23)/b16-11+. The number of Topliss-reactive ketones (excluding diaryl/α,β-unsaturated/α-hetero) is 1. The molecule has 122 valence electrons. The van der Waals surface area contributed by atoms with E-state index in [9.17, 15) is 14.4 Å². The number of rotatable bonds is 5. The molecule has 6 heteroatoms. The van der Waals surface area contributed by atoms with Crippen LogP contribution >= 0.6 is 11.8 Å². The van der Waals surface area contributed by atoms with Gasteiger partial charge in [0.25, 0.3) is 11.1 Å². The number of ketones is 1. The zero-order valence-corrected chi connectivity index (χ0v) is 13.9. The monoisotopic (exact) mass is 340 g/mol. The zero-order valence-electron chi connectivity index (χ0n) is 13.1. The number of amides is 2. The molecule has 0 radical (unpaired) electrons. The molecule has 1 fully saturated rings. The molecule has 1 aromatic carbocycles. The number of benzene rings is 1. The molecule has 0 bridgehead atoms. The minimum Gasteiger partial charge on any atom is -0.354 e. The maximum atomic E-state index is 12.3. The molecule has 0 spiro atoms. The Morgan fingerprint density at radius 2 is 1.96 bits per heavy atom. The molecular formula is C18H16N2O3S. The first-order valence-corrected chi connectivity index (χ1v) is 8.33. The fourth-order valence-electron chi connectivity index (χ4n) is 2.48. The number of thioether (sulfide) groups is 1. The maximum absolute atomic E-state index is 12.3. The number of aromatic nitrogens is 1. The number of imide groups is 1. The Morgan fingerprint density at radius 1 is 1.21 bits per heavy atom. The van der Waals surface area contributed by atoms with E-state index in [-0.39, 0.29) is 16.9 Å². The molecule has 24 heavy (non-hydrogen) atoms. The van der Waals surface area contributed by atoms with Crippen LogP contribution in [0.3, 0.4) is 0 Å². The smallest absolute Gasteiger partial charge is 0.290 e. The predicted octanol–water partition coefficient (Wildman–Crippen LogP) is 3.16. The highest BCUT2D eigenvalue weighted by Gasteiger charge is 2.24. The average Bonchev–Trinajstić information content (AvgIpc) is 3.11. The van der Waals surface area contributed by atoms with Gasteiger partial charge in [0.2, 0.25) is 0 Å². The lowest BCUT2D eigenvalue weighted by atomic mass is 10.0. The van der Waals surface area contributed by atoms with Gasteiger partial charge in [-0.1, -0.05) is 24.3 Å². The minimum atomic E-state index is -0.382. The summed E-state index contributed by atoms with van der Waals surface area (Å²) in [6.45, 7) is 0. The highest BCUT2D eigenvalue weighted by atomic mass is 32.2. The third kappa shape index (κ3) is 3.65. The SMILES string of the molecule is Cn1cccc1CCC(=O)c1ccc(/C=C2/SC(=O)NC2=O)cc1. The molecular weight excluding hydrogens is 324 g/mol. The molecule has 0 unspecified atom stereocenters. The first kappa shape index (κ1) is 16.3. The summed E-state index contributed by atoms with van der Waals surface area (Å²) >= 11 is 0.879. The summed E-state index contributed by atoms with van der Waals surface area (Å²) in [7, 11) is 1.96. The lowest BCUT2D eigenvalue weighted by Gasteiger charge is -2.04. The van der Waals surface area contributed by atoms with E-state index < -0.39 is 0 Å². The van der Waals surface area contributed by atoms with Gasteiger partial charge in [-0.15, -0.1) is 0 Å². The van der Waals surface area contributed by atoms with Gasteiger partial charge in [-0.25, -0.2) is 0 Å². The van der Waals surface area contributed by atoms with Gasteiger partial charge in [0, 0.05) is 30.9 Å². The predicted molar refractivity (Wildman–Crippen MR) is 93.6 cm³/mol. The van der Waals surface area contributed by atoms with Crippen molar-refractivity contribution in [1.82, 2.24) is 9.88 Å². The largest absolute Gasteiger partial charge is 0.354 e. The van der Waals surface area contributed by atoms with E-state index >= 15 is 0 Å². The topological polar surface area (TPSA) is 68.2 Å². The lowest BCUT2D eigenvalue weighted by molar-refractivity contribution is -0.115. The van der Waals surface area contributed by atoms with Gasteiger partial charge in [0.05, 0.1) is 4.91 Å². The Morgan fingerprint density at radius 3 is 2.54 bits per heavy atom. The molecule has 0 aliphatic carbocycles. The lowest BCUT2D eigenvalue weighted by Crippen LogP contribution is -2.17. The van der Waals surface area contributed by atoms with Crippen LogP contribution in [0.1, 0.15) is 28.0 Å². The molecule has 2 aromatic rings. The van der Waals surface area contributed by atoms with Crippen molar-refractivity contribution < 1.29 is 14.4 Å². The molecule has 1 N–H and O–H groups in total. The van der Waals surface area contributed by atoms with Gasteiger partial charge >= 0.3 is 0 Å².